The molecule has 0 saturated heterocycles. The van der Waals surface area contributed by atoms with E-state index >= 15 is 9.13 Å². The van der Waals surface area contributed by atoms with Gasteiger partial charge in [-0.25, -0.2) is 4.98 Å². The average molecular weight is 1820 g/mol. The lowest BCUT2D eigenvalue weighted by molar-refractivity contribution is 0.506. The van der Waals surface area contributed by atoms with Gasteiger partial charge in [0.2, 0.25) is 0 Å². The number of rotatable bonds is 8. The molecule has 6 aliphatic rings. The summed E-state index contributed by atoms with van der Waals surface area (Å²) in [4.78, 5) is 5.26. The summed E-state index contributed by atoms with van der Waals surface area (Å²) >= 11 is 0. The quantitative estimate of drug-likeness (QED) is 0.141. The smallest absolute Gasteiger partial charge is 0.172 e. The van der Waals surface area contributed by atoms with E-state index in [1.807, 2.05) is 72.8 Å². The van der Waals surface area contributed by atoms with E-state index < -0.39 is 30.5 Å². The number of furan rings is 3. The van der Waals surface area contributed by atoms with Crippen molar-refractivity contribution in [2.75, 3.05) is 0 Å². The molecule has 4 aromatic heterocycles. The summed E-state index contributed by atoms with van der Waals surface area (Å²) in [6.45, 7) is 0. The number of hydrogen-bond acceptors (Lipinski definition) is 6. The lowest BCUT2D eigenvalue weighted by atomic mass is 9.73. The standard InChI is InChI=1S/C47H29O2P.C46H27NO.C39H25O2P/c48-50(41-27-11-16-30-14-1-3-18-32(30)41,42-28-12-17-31-15-2-4-19-33(31)42)43-29-13-23-35-34-20-5-8-24-38(34)47(45(35)43)39-25-9-6-21-36(39)44-37-22-7-10-26-40(37)49-46(44)47;1-2-12-29-25-30(22-21-28(29)11-1)36-27-42(47-41-19-9-5-15-34(36)41)31-23-24-40-37(26-31)44-35-16-6-10-20-43(35)48-45(44)46(40)38-17-7-3-13-32(38)33-14-4-8-18-39(33)46;40-42(26-14-3-1-4-15-26,27-16-5-2-6-17-27)35-25-13-23-33-37(35)29-19-8-11-22-32(29)39(33)31-21-10-7-18-28(31)36-30-20-9-12-24-34(30)41-38(36)39/h1-29H;1-27H;1-25H. The first-order valence-electron chi connectivity index (χ1n) is 48.0. The average Bonchev–Trinajstić information content (AvgIpc) is 1.50. The molecule has 21 aromatic carbocycles. The summed E-state index contributed by atoms with van der Waals surface area (Å²) in [5.74, 6) is 2.86. The molecule has 0 bridgehead atoms. The highest BCUT2D eigenvalue weighted by Gasteiger charge is 2.60. The minimum absolute atomic E-state index is 0.525. The molecule has 6 aliphatic carbocycles. The van der Waals surface area contributed by atoms with E-state index in [4.69, 9.17) is 18.2 Å². The monoisotopic (exact) mass is 1820 g/mol. The molecule has 2 atom stereocenters. The van der Waals surface area contributed by atoms with Crippen LogP contribution in [0.2, 0.25) is 0 Å². The molecule has 0 amide bonds. The van der Waals surface area contributed by atoms with Crippen molar-refractivity contribution in [2.24, 2.45) is 0 Å². The fraction of sp³-hybridized carbons (Fsp3) is 0.0227. The summed E-state index contributed by atoms with van der Waals surface area (Å²) in [5, 5.41) is 16.2. The first-order chi connectivity index (χ1) is 69.2. The maximum atomic E-state index is 17.3. The molecule has 0 fully saturated rings. The van der Waals surface area contributed by atoms with Gasteiger partial charge in [0.05, 0.1) is 11.2 Å². The molecule has 31 rings (SSSR count). The molecule has 2 unspecified atom stereocenters. The Balaban J connectivity index is 0.000000101. The molecule has 4 heterocycles. The molecule has 0 saturated carbocycles. The third kappa shape index (κ3) is 10.9. The van der Waals surface area contributed by atoms with E-state index in [0.717, 1.165) is 181 Å². The van der Waals surface area contributed by atoms with Crippen molar-refractivity contribution >= 4 is 122 Å². The van der Waals surface area contributed by atoms with Crippen LogP contribution < -0.4 is 31.8 Å². The van der Waals surface area contributed by atoms with Gasteiger partial charge in [0.25, 0.3) is 0 Å². The minimum atomic E-state index is -3.62. The van der Waals surface area contributed by atoms with Gasteiger partial charge in [0, 0.05) is 75.6 Å². The number of pyridine rings is 1. The summed E-state index contributed by atoms with van der Waals surface area (Å²) in [5.41, 5.74) is 30.8. The first kappa shape index (κ1) is 80.2. The number of hydrogen-bond donors (Lipinski definition) is 0. The van der Waals surface area contributed by atoms with Crippen LogP contribution in [-0.4, -0.2) is 4.98 Å². The van der Waals surface area contributed by atoms with Crippen molar-refractivity contribution in [3.8, 4) is 89.1 Å². The van der Waals surface area contributed by atoms with Crippen LogP contribution in [0.3, 0.4) is 0 Å². The molecule has 6 nitrogen and oxygen atoms in total. The van der Waals surface area contributed by atoms with E-state index in [1.54, 1.807) is 0 Å². The molecular weight excluding hydrogens is 1740 g/mol. The summed E-state index contributed by atoms with van der Waals surface area (Å²) < 4.78 is 54.0. The van der Waals surface area contributed by atoms with E-state index in [2.05, 4.69) is 419 Å². The molecule has 0 radical (unpaired) electrons. The highest BCUT2D eigenvalue weighted by atomic mass is 31.2. The first-order valence-corrected chi connectivity index (χ1v) is 51.4. The normalized spacial score (nSPS) is 15.2. The second-order valence-corrected chi connectivity index (χ2v) is 43.0. The topological polar surface area (TPSA) is 86.5 Å². The van der Waals surface area contributed by atoms with Crippen LogP contribution in [-0.2, 0) is 25.4 Å². The van der Waals surface area contributed by atoms with Gasteiger partial charge >= 0.3 is 0 Å². The third-order valence-corrected chi connectivity index (χ3v) is 37.2. The highest BCUT2D eigenvalue weighted by molar-refractivity contribution is 7.86. The van der Waals surface area contributed by atoms with Crippen LogP contribution in [0.25, 0.3) is 165 Å². The van der Waals surface area contributed by atoms with Crippen LogP contribution in [0.4, 0.5) is 0 Å². The minimum Gasteiger partial charge on any atom is -0.459 e. The Hall–Kier alpha value is -17.1. The van der Waals surface area contributed by atoms with Crippen molar-refractivity contribution in [2.45, 2.75) is 16.2 Å². The maximum Gasteiger partial charge on any atom is 0.172 e. The van der Waals surface area contributed by atoms with E-state index in [0.29, 0.717) is 0 Å². The number of nitrogens with zero attached hydrogens (tertiary/aromatic N) is 1. The maximum absolute atomic E-state index is 17.3. The molecular formula is C132H81NO5P2. The Morgan fingerprint density at radius 2 is 0.550 bits per heavy atom. The van der Waals surface area contributed by atoms with Gasteiger partial charge in [-0.3, -0.25) is 0 Å². The molecule has 0 N–H and O–H groups in total. The van der Waals surface area contributed by atoms with Gasteiger partial charge in [-0.1, -0.05) is 449 Å². The fourth-order valence-electron chi connectivity index (χ4n) is 25.4. The Morgan fingerprint density at radius 3 is 1.10 bits per heavy atom. The molecule has 0 aliphatic heterocycles. The van der Waals surface area contributed by atoms with Gasteiger partial charge in [0.1, 0.15) is 50.3 Å². The lowest BCUT2D eigenvalue weighted by Gasteiger charge is -2.33. The van der Waals surface area contributed by atoms with Crippen molar-refractivity contribution < 1.29 is 22.4 Å². The van der Waals surface area contributed by atoms with Gasteiger partial charge in [-0.15, -0.1) is 0 Å². The zero-order chi connectivity index (χ0) is 92.3. The second-order valence-electron chi connectivity index (χ2n) is 37.6. The number of para-hydroxylation sites is 4. The van der Waals surface area contributed by atoms with Crippen molar-refractivity contribution in [1.82, 2.24) is 4.98 Å². The van der Waals surface area contributed by atoms with Crippen LogP contribution >= 0.6 is 14.3 Å². The highest BCUT2D eigenvalue weighted by Crippen LogP contribution is 2.70. The van der Waals surface area contributed by atoms with Crippen LogP contribution in [0.15, 0.2) is 505 Å². The number of aromatic nitrogens is 1. The molecule has 3 spiro atoms. The summed E-state index contributed by atoms with van der Waals surface area (Å²) in [7, 11) is -6.87. The largest absolute Gasteiger partial charge is 0.459 e. The Labute approximate surface area is 807 Å². The molecule has 654 valence electrons. The van der Waals surface area contributed by atoms with Gasteiger partial charge in [0.15, 0.2) is 14.3 Å². The van der Waals surface area contributed by atoms with Crippen LogP contribution in [0.5, 0.6) is 0 Å². The predicted octanol–water partition coefficient (Wildman–Crippen LogP) is 30.9. The van der Waals surface area contributed by atoms with Gasteiger partial charge < -0.3 is 22.4 Å². The van der Waals surface area contributed by atoms with Crippen LogP contribution in [0, 0.1) is 0 Å². The van der Waals surface area contributed by atoms with Crippen molar-refractivity contribution in [1.29, 1.82) is 0 Å². The Morgan fingerprint density at radius 1 is 0.200 bits per heavy atom. The Kier molecular flexibility index (Phi) is 17.4. The molecule has 8 heteroatoms. The van der Waals surface area contributed by atoms with E-state index in [9.17, 15) is 0 Å². The fourth-order valence-corrected chi connectivity index (χ4v) is 31.6. The Bertz CT molecular complexity index is 9530. The predicted molar refractivity (Wildman–Crippen MR) is 575 cm³/mol. The van der Waals surface area contributed by atoms with Crippen molar-refractivity contribution in [3.63, 3.8) is 0 Å². The number of fused-ring (bicyclic) bond motifs is 40. The SMILES string of the molecule is O=P(c1cccc2c1C1(c3ccccc3-2)c2ccccc2-c2c1oc1ccccc21)(c1cccc2ccccc12)c1cccc2ccccc12.O=P(c1ccccc1)(c1ccccc1)c1cccc2c1-c1ccccc1C21c2ccccc2-c2c1oc1ccccc21.c1ccc2c(c1)-c1ccccc1C21c2ccc(-c3cc(-c4ccc5ccccc5c4)c4ccccc4n3)cc2-c2c1oc1ccccc21. The molecule has 140 heavy (non-hydrogen) atoms. The van der Waals surface area contributed by atoms with E-state index in [-0.39, 0.29) is 0 Å². The van der Waals surface area contributed by atoms with Gasteiger partial charge in [-0.05, 0) is 186 Å². The van der Waals surface area contributed by atoms with E-state index in [1.165, 1.54) is 83.1 Å². The van der Waals surface area contributed by atoms with Crippen molar-refractivity contribution in [3.05, 3.63) is 559 Å². The second kappa shape index (κ2) is 30.4. The lowest BCUT2D eigenvalue weighted by Crippen LogP contribution is -2.35. The van der Waals surface area contributed by atoms with Crippen LogP contribution in [0.1, 0.15) is 67.4 Å². The zero-order valence-electron chi connectivity index (χ0n) is 75.6. The summed E-state index contributed by atoms with van der Waals surface area (Å²) in [6.07, 6.45) is 0. The molecule has 25 aromatic rings. The third-order valence-electron chi connectivity index (χ3n) is 30.9. The number of benzene rings is 21. The zero-order valence-corrected chi connectivity index (χ0v) is 77.4. The summed E-state index contributed by atoms with van der Waals surface area (Å²) in [6, 6.07) is 173. The van der Waals surface area contributed by atoms with Gasteiger partial charge in [-0.2, -0.15) is 0 Å².